The summed E-state index contributed by atoms with van der Waals surface area (Å²) in [5.41, 5.74) is 0. The summed E-state index contributed by atoms with van der Waals surface area (Å²) in [6.07, 6.45) is 2.37. The molecule has 1 unspecified atom stereocenters. The van der Waals surface area contributed by atoms with E-state index in [2.05, 4.69) is 22.9 Å². The van der Waals surface area contributed by atoms with Crippen LogP contribution < -0.4 is 9.47 Å². The predicted octanol–water partition coefficient (Wildman–Crippen LogP) is 4.28. The van der Waals surface area contributed by atoms with Crippen LogP contribution in [0.4, 0.5) is 0 Å². The summed E-state index contributed by atoms with van der Waals surface area (Å²) in [5.74, 6) is 2.24. The van der Waals surface area contributed by atoms with E-state index in [1.54, 1.807) is 0 Å². The molecule has 1 aromatic carbocycles. The Balaban J connectivity index is 2.55. The minimum Gasteiger partial charge on any atom is -0.490 e. The van der Waals surface area contributed by atoms with Gasteiger partial charge in [-0.2, -0.15) is 0 Å². The van der Waals surface area contributed by atoms with Crippen molar-refractivity contribution in [2.75, 3.05) is 18.5 Å². The second-order valence-corrected chi connectivity index (χ2v) is 4.65. The molecule has 17 heavy (non-hydrogen) atoms. The monoisotopic (exact) mass is 300 g/mol. The van der Waals surface area contributed by atoms with Crippen molar-refractivity contribution < 1.29 is 9.47 Å². The van der Waals surface area contributed by atoms with Gasteiger partial charge in [0, 0.05) is 11.2 Å². The van der Waals surface area contributed by atoms with E-state index >= 15 is 0 Å². The molecule has 96 valence electrons. The molecule has 0 heterocycles. The van der Waals surface area contributed by atoms with Crippen molar-refractivity contribution in [3.05, 3.63) is 24.3 Å². The lowest BCUT2D eigenvalue weighted by molar-refractivity contribution is 0.236. The number of benzene rings is 1. The first-order valence-electron chi connectivity index (χ1n) is 6.22. The second-order valence-electron chi connectivity index (χ2n) is 4.00. The van der Waals surface area contributed by atoms with Gasteiger partial charge in [-0.1, -0.05) is 41.4 Å². The van der Waals surface area contributed by atoms with Crippen LogP contribution in [0.3, 0.4) is 0 Å². The quantitative estimate of drug-likeness (QED) is 0.667. The Morgan fingerprint density at radius 2 is 1.76 bits per heavy atom. The topological polar surface area (TPSA) is 18.5 Å². The van der Waals surface area contributed by atoms with Crippen LogP contribution in [0.2, 0.25) is 0 Å². The molecule has 1 aromatic rings. The third-order valence-electron chi connectivity index (χ3n) is 2.54. The minimum atomic E-state index is 0.565. The zero-order valence-electron chi connectivity index (χ0n) is 10.6. The third kappa shape index (κ3) is 4.99. The SMILES string of the molecule is CCCC(CBr)COc1ccccc1OCC. The van der Waals surface area contributed by atoms with E-state index < -0.39 is 0 Å². The lowest BCUT2D eigenvalue weighted by Gasteiger charge is -2.16. The van der Waals surface area contributed by atoms with Gasteiger partial charge in [-0.05, 0) is 25.5 Å². The molecule has 3 heteroatoms. The van der Waals surface area contributed by atoms with Gasteiger partial charge in [-0.3, -0.25) is 0 Å². The van der Waals surface area contributed by atoms with Crippen LogP contribution in [0.25, 0.3) is 0 Å². The Bertz CT molecular complexity index is 315. The van der Waals surface area contributed by atoms with E-state index in [4.69, 9.17) is 9.47 Å². The van der Waals surface area contributed by atoms with E-state index in [-0.39, 0.29) is 0 Å². The van der Waals surface area contributed by atoms with Crippen molar-refractivity contribution in [3.8, 4) is 11.5 Å². The summed E-state index contributed by atoms with van der Waals surface area (Å²) in [5, 5.41) is 0.984. The summed E-state index contributed by atoms with van der Waals surface area (Å²) in [7, 11) is 0. The molecule has 0 aliphatic heterocycles. The molecule has 0 radical (unpaired) electrons. The van der Waals surface area contributed by atoms with Gasteiger partial charge in [0.05, 0.1) is 13.2 Å². The van der Waals surface area contributed by atoms with Gasteiger partial charge in [-0.25, -0.2) is 0 Å². The Morgan fingerprint density at radius 1 is 1.12 bits per heavy atom. The number of alkyl halides is 1. The zero-order chi connectivity index (χ0) is 12.5. The molecule has 0 saturated carbocycles. The van der Waals surface area contributed by atoms with E-state index in [1.807, 2.05) is 31.2 Å². The standard InChI is InChI=1S/C14H21BrO2/c1-3-7-12(10-15)11-17-14-9-6-5-8-13(14)16-4-2/h5-6,8-9,12H,3-4,7,10-11H2,1-2H3. The molecule has 0 saturated heterocycles. The fourth-order valence-corrected chi connectivity index (χ4v) is 2.18. The first-order valence-corrected chi connectivity index (χ1v) is 7.34. The highest BCUT2D eigenvalue weighted by Crippen LogP contribution is 2.27. The van der Waals surface area contributed by atoms with Gasteiger partial charge in [0.25, 0.3) is 0 Å². The lowest BCUT2D eigenvalue weighted by Crippen LogP contribution is -2.13. The highest BCUT2D eigenvalue weighted by atomic mass is 79.9. The molecule has 1 atom stereocenters. The number of para-hydroxylation sites is 2. The lowest BCUT2D eigenvalue weighted by atomic mass is 10.1. The number of hydrogen-bond acceptors (Lipinski definition) is 2. The summed E-state index contributed by atoms with van der Waals surface area (Å²) < 4.78 is 11.4. The predicted molar refractivity (Wildman–Crippen MR) is 75.3 cm³/mol. The molecule has 0 spiro atoms. The van der Waals surface area contributed by atoms with Crippen LogP contribution in [-0.4, -0.2) is 18.5 Å². The number of rotatable bonds is 8. The second kappa shape index (κ2) is 8.40. The molecular formula is C14H21BrO2. The molecule has 2 nitrogen and oxygen atoms in total. The van der Waals surface area contributed by atoms with Gasteiger partial charge < -0.3 is 9.47 Å². The maximum Gasteiger partial charge on any atom is 0.161 e. The summed E-state index contributed by atoms with van der Waals surface area (Å²) in [6, 6.07) is 7.84. The van der Waals surface area contributed by atoms with E-state index in [9.17, 15) is 0 Å². The molecule has 0 N–H and O–H groups in total. The molecule has 0 aliphatic rings. The first kappa shape index (κ1) is 14.4. The first-order chi connectivity index (χ1) is 8.31. The fourth-order valence-electron chi connectivity index (χ4n) is 1.67. The Hall–Kier alpha value is -0.700. The van der Waals surface area contributed by atoms with Crippen LogP contribution >= 0.6 is 15.9 Å². The molecule has 0 aromatic heterocycles. The zero-order valence-corrected chi connectivity index (χ0v) is 12.2. The smallest absolute Gasteiger partial charge is 0.161 e. The molecule has 0 bridgehead atoms. The fraction of sp³-hybridized carbons (Fsp3) is 0.571. The molecular weight excluding hydrogens is 280 g/mol. The molecule has 0 fully saturated rings. The Kier molecular flexibility index (Phi) is 7.10. The number of hydrogen-bond donors (Lipinski definition) is 0. The molecule has 0 amide bonds. The van der Waals surface area contributed by atoms with Crippen molar-refractivity contribution in [1.82, 2.24) is 0 Å². The van der Waals surface area contributed by atoms with Crippen molar-refractivity contribution in [1.29, 1.82) is 0 Å². The molecule has 0 aliphatic carbocycles. The van der Waals surface area contributed by atoms with E-state index in [0.29, 0.717) is 12.5 Å². The maximum absolute atomic E-state index is 5.84. The number of ether oxygens (including phenoxy) is 2. The molecule has 1 rings (SSSR count). The van der Waals surface area contributed by atoms with Crippen molar-refractivity contribution in [2.24, 2.45) is 5.92 Å². The normalized spacial score (nSPS) is 12.2. The van der Waals surface area contributed by atoms with Gasteiger partial charge in [0.1, 0.15) is 0 Å². The van der Waals surface area contributed by atoms with Crippen LogP contribution in [0.15, 0.2) is 24.3 Å². The van der Waals surface area contributed by atoms with Gasteiger partial charge in [0.15, 0.2) is 11.5 Å². The van der Waals surface area contributed by atoms with E-state index in [1.165, 1.54) is 12.8 Å². The van der Waals surface area contributed by atoms with Gasteiger partial charge in [-0.15, -0.1) is 0 Å². The van der Waals surface area contributed by atoms with Crippen LogP contribution in [0.5, 0.6) is 11.5 Å². The Morgan fingerprint density at radius 3 is 2.29 bits per heavy atom. The van der Waals surface area contributed by atoms with Crippen molar-refractivity contribution >= 4 is 15.9 Å². The average Bonchev–Trinajstić information content (AvgIpc) is 2.36. The van der Waals surface area contributed by atoms with E-state index in [0.717, 1.165) is 23.4 Å². The highest BCUT2D eigenvalue weighted by molar-refractivity contribution is 9.09. The number of halogens is 1. The third-order valence-corrected chi connectivity index (χ3v) is 3.45. The van der Waals surface area contributed by atoms with Crippen molar-refractivity contribution in [3.63, 3.8) is 0 Å². The maximum atomic E-state index is 5.84. The largest absolute Gasteiger partial charge is 0.490 e. The van der Waals surface area contributed by atoms with Crippen molar-refractivity contribution in [2.45, 2.75) is 26.7 Å². The summed E-state index contributed by atoms with van der Waals surface area (Å²) in [6.45, 7) is 5.58. The van der Waals surface area contributed by atoms with Gasteiger partial charge >= 0.3 is 0 Å². The van der Waals surface area contributed by atoms with Crippen LogP contribution in [-0.2, 0) is 0 Å². The highest BCUT2D eigenvalue weighted by Gasteiger charge is 2.09. The van der Waals surface area contributed by atoms with Crippen LogP contribution in [0, 0.1) is 5.92 Å². The minimum absolute atomic E-state index is 0.565. The summed E-state index contributed by atoms with van der Waals surface area (Å²) in [4.78, 5) is 0. The summed E-state index contributed by atoms with van der Waals surface area (Å²) >= 11 is 3.53. The van der Waals surface area contributed by atoms with Crippen LogP contribution in [0.1, 0.15) is 26.7 Å². The average molecular weight is 301 g/mol. The Labute approximate surface area is 112 Å². The van der Waals surface area contributed by atoms with Gasteiger partial charge in [0.2, 0.25) is 0 Å².